The van der Waals surface area contributed by atoms with Crippen molar-refractivity contribution in [1.82, 2.24) is 9.97 Å². The summed E-state index contributed by atoms with van der Waals surface area (Å²) in [5.74, 6) is 0.651. The van der Waals surface area contributed by atoms with Crippen molar-refractivity contribution < 1.29 is 0 Å². The van der Waals surface area contributed by atoms with Crippen LogP contribution in [0, 0.1) is 13.8 Å². The number of para-hydroxylation sites is 1. The third kappa shape index (κ3) is 3.70. The molecule has 0 unspecified atom stereocenters. The monoisotopic (exact) mass is 407 g/mol. The third-order valence-corrected chi connectivity index (χ3v) is 6.88. The van der Waals surface area contributed by atoms with Gasteiger partial charge < -0.3 is 10.3 Å². The van der Waals surface area contributed by atoms with Crippen molar-refractivity contribution in [2.24, 2.45) is 0 Å². The lowest BCUT2D eigenvalue weighted by molar-refractivity contribution is 0.790. The minimum atomic E-state index is -0.127. The summed E-state index contributed by atoms with van der Waals surface area (Å²) in [4.78, 5) is 24.5. The number of aromatic amines is 1. The first-order valence-corrected chi connectivity index (χ1v) is 10.7. The first-order chi connectivity index (χ1) is 13.5. The molecule has 6 heteroatoms. The van der Waals surface area contributed by atoms with Gasteiger partial charge in [-0.15, -0.1) is 11.3 Å². The van der Waals surface area contributed by atoms with E-state index in [1.54, 1.807) is 23.1 Å². The minimum absolute atomic E-state index is 0.0672. The van der Waals surface area contributed by atoms with Crippen molar-refractivity contribution in [3.8, 4) is 0 Å². The molecule has 0 saturated carbocycles. The molecule has 2 heterocycles. The van der Waals surface area contributed by atoms with E-state index < -0.39 is 0 Å². The Morgan fingerprint density at radius 3 is 2.57 bits per heavy atom. The molecular weight excluding hydrogens is 386 g/mol. The fourth-order valence-corrected chi connectivity index (χ4v) is 5.04. The predicted molar refractivity (Wildman–Crippen MR) is 119 cm³/mol. The summed E-state index contributed by atoms with van der Waals surface area (Å²) in [5, 5.41) is 4.22. The topological polar surface area (TPSA) is 57.8 Å². The molecule has 2 aromatic carbocycles. The van der Waals surface area contributed by atoms with Crippen LogP contribution in [0.5, 0.6) is 0 Å². The highest BCUT2D eigenvalue weighted by Crippen LogP contribution is 2.34. The number of nitrogens with one attached hydrogen (secondary N) is 2. The van der Waals surface area contributed by atoms with Gasteiger partial charge in [-0.1, -0.05) is 42.1 Å². The summed E-state index contributed by atoms with van der Waals surface area (Å²) in [6, 6.07) is 18.3. The Morgan fingerprint density at radius 1 is 1.07 bits per heavy atom. The molecule has 2 N–H and O–H groups in total. The van der Waals surface area contributed by atoms with E-state index in [2.05, 4.69) is 34.6 Å². The Morgan fingerprint density at radius 2 is 1.79 bits per heavy atom. The molecule has 0 aliphatic rings. The molecular formula is C22H21N3OS2. The van der Waals surface area contributed by atoms with Crippen LogP contribution in [0.25, 0.3) is 10.2 Å². The summed E-state index contributed by atoms with van der Waals surface area (Å²) in [6.45, 7) is 6.02. The largest absolute Gasteiger partial charge is 0.374 e. The molecule has 0 fully saturated rings. The summed E-state index contributed by atoms with van der Waals surface area (Å²) >= 11 is 3.28. The van der Waals surface area contributed by atoms with Gasteiger partial charge in [-0.05, 0) is 50.6 Å². The second kappa shape index (κ2) is 7.81. The molecule has 4 nitrogen and oxygen atoms in total. The van der Waals surface area contributed by atoms with Gasteiger partial charge >= 0.3 is 0 Å². The van der Waals surface area contributed by atoms with E-state index in [1.807, 2.05) is 51.1 Å². The molecule has 0 aliphatic heterocycles. The average molecular weight is 408 g/mol. The van der Waals surface area contributed by atoms with E-state index >= 15 is 0 Å². The smallest absolute Gasteiger partial charge is 0.259 e. The lowest BCUT2D eigenvalue weighted by atomic mass is 10.2. The Kier molecular flexibility index (Phi) is 5.24. The Labute approximate surface area is 172 Å². The van der Waals surface area contributed by atoms with Gasteiger partial charge in [-0.25, -0.2) is 4.98 Å². The lowest BCUT2D eigenvalue weighted by Crippen LogP contribution is -2.17. The van der Waals surface area contributed by atoms with Gasteiger partial charge in [0.2, 0.25) is 0 Å². The SMILES string of the molecule is Cc1sc2nc([C@H](C)Nc3ccccc3Sc3ccccc3)[nH]c(=O)c2c1C. The number of anilines is 1. The van der Waals surface area contributed by atoms with Crippen molar-refractivity contribution in [2.75, 3.05) is 5.32 Å². The molecule has 142 valence electrons. The van der Waals surface area contributed by atoms with Gasteiger partial charge in [0.25, 0.3) is 5.56 Å². The molecule has 4 aromatic rings. The standard InChI is InChI=1S/C22H21N3OS2/c1-13-15(3)27-22-19(13)21(26)24-20(25-22)14(2)23-17-11-7-8-12-18(17)28-16-9-5-4-6-10-16/h4-12,14,23H,1-3H3,(H,24,25,26)/t14-/m0/s1. The van der Waals surface area contributed by atoms with Crippen LogP contribution in [-0.2, 0) is 0 Å². The van der Waals surface area contributed by atoms with Gasteiger partial charge in [0.05, 0.1) is 11.4 Å². The zero-order valence-electron chi connectivity index (χ0n) is 15.9. The van der Waals surface area contributed by atoms with E-state index in [1.165, 1.54) is 4.90 Å². The van der Waals surface area contributed by atoms with Gasteiger partial charge in [-0.3, -0.25) is 4.79 Å². The molecule has 2 aromatic heterocycles. The summed E-state index contributed by atoms with van der Waals surface area (Å²) in [6.07, 6.45) is 0. The molecule has 0 amide bonds. The molecule has 4 rings (SSSR count). The molecule has 0 spiro atoms. The van der Waals surface area contributed by atoms with Crippen LogP contribution in [0.4, 0.5) is 5.69 Å². The lowest BCUT2D eigenvalue weighted by Gasteiger charge is -2.17. The molecule has 0 saturated heterocycles. The van der Waals surface area contributed by atoms with Gasteiger partial charge in [-0.2, -0.15) is 0 Å². The summed E-state index contributed by atoms with van der Waals surface area (Å²) < 4.78 is 0. The fourth-order valence-electron chi connectivity index (χ4n) is 3.07. The quantitative estimate of drug-likeness (QED) is 0.431. The first-order valence-electron chi connectivity index (χ1n) is 9.11. The average Bonchev–Trinajstić information content (AvgIpc) is 2.98. The van der Waals surface area contributed by atoms with E-state index in [0.29, 0.717) is 11.2 Å². The van der Waals surface area contributed by atoms with Crippen LogP contribution >= 0.6 is 23.1 Å². The van der Waals surface area contributed by atoms with Crippen molar-refractivity contribution in [2.45, 2.75) is 36.6 Å². The number of nitrogens with zero attached hydrogens (tertiary/aromatic N) is 1. The molecule has 28 heavy (non-hydrogen) atoms. The predicted octanol–water partition coefficient (Wildman–Crippen LogP) is 5.93. The number of rotatable bonds is 5. The number of hydrogen-bond donors (Lipinski definition) is 2. The highest BCUT2D eigenvalue weighted by molar-refractivity contribution is 7.99. The number of fused-ring (bicyclic) bond motifs is 1. The summed E-state index contributed by atoms with van der Waals surface area (Å²) in [7, 11) is 0. The number of aromatic nitrogens is 2. The first kappa shape index (κ1) is 18.8. The van der Waals surface area contributed by atoms with E-state index in [9.17, 15) is 4.79 Å². The highest BCUT2D eigenvalue weighted by Gasteiger charge is 2.16. The van der Waals surface area contributed by atoms with E-state index in [0.717, 1.165) is 25.9 Å². The fraction of sp³-hybridized carbons (Fsp3) is 0.182. The number of H-pyrrole nitrogens is 1. The van der Waals surface area contributed by atoms with Crippen molar-refractivity contribution in [1.29, 1.82) is 0 Å². The maximum absolute atomic E-state index is 12.6. The van der Waals surface area contributed by atoms with Gasteiger partial charge in [0.15, 0.2) is 0 Å². The number of aryl methyl sites for hydroxylation is 2. The van der Waals surface area contributed by atoms with E-state index in [4.69, 9.17) is 4.98 Å². The van der Waals surface area contributed by atoms with Crippen LogP contribution in [0.3, 0.4) is 0 Å². The number of hydrogen-bond acceptors (Lipinski definition) is 5. The Hall–Kier alpha value is -2.57. The minimum Gasteiger partial charge on any atom is -0.374 e. The second-order valence-electron chi connectivity index (χ2n) is 6.69. The van der Waals surface area contributed by atoms with Crippen LogP contribution in [-0.4, -0.2) is 9.97 Å². The zero-order valence-corrected chi connectivity index (χ0v) is 17.6. The normalized spacial score (nSPS) is 12.2. The maximum Gasteiger partial charge on any atom is 0.259 e. The van der Waals surface area contributed by atoms with Gasteiger partial charge in [0.1, 0.15) is 10.7 Å². The summed E-state index contributed by atoms with van der Waals surface area (Å²) in [5.41, 5.74) is 1.97. The van der Waals surface area contributed by atoms with Crippen molar-refractivity contribution in [3.63, 3.8) is 0 Å². The maximum atomic E-state index is 12.6. The highest BCUT2D eigenvalue weighted by atomic mass is 32.2. The van der Waals surface area contributed by atoms with Gasteiger partial charge in [0, 0.05) is 20.4 Å². The Bertz CT molecular complexity index is 1180. The molecule has 1 atom stereocenters. The number of thiophene rings is 1. The molecule has 0 radical (unpaired) electrons. The molecule has 0 aliphatic carbocycles. The van der Waals surface area contributed by atoms with Crippen LogP contribution in [0.15, 0.2) is 69.2 Å². The Balaban J connectivity index is 1.63. The second-order valence-corrected chi connectivity index (χ2v) is 9.01. The third-order valence-electron chi connectivity index (χ3n) is 4.70. The zero-order chi connectivity index (χ0) is 19.7. The number of benzene rings is 2. The van der Waals surface area contributed by atoms with Crippen LogP contribution < -0.4 is 10.9 Å². The molecule has 0 bridgehead atoms. The van der Waals surface area contributed by atoms with Crippen molar-refractivity contribution >= 4 is 39.0 Å². The van der Waals surface area contributed by atoms with Crippen LogP contribution in [0.1, 0.15) is 29.2 Å². The van der Waals surface area contributed by atoms with Crippen LogP contribution in [0.2, 0.25) is 0 Å². The van der Waals surface area contributed by atoms with E-state index in [-0.39, 0.29) is 11.6 Å². The van der Waals surface area contributed by atoms with Crippen molar-refractivity contribution in [3.05, 3.63) is 81.2 Å².